The van der Waals surface area contributed by atoms with Crippen LogP contribution in [0.1, 0.15) is 6.92 Å². The Morgan fingerprint density at radius 1 is 1.24 bits per heavy atom. The monoisotopic (exact) mass is 288 g/mol. The lowest BCUT2D eigenvalue weighted by molar-refractivity contribution is -0.152. The number of hydrogen-bond donors (Lipinski definition) is 1. The third kappa shape index (κ3) is 3.42. The third-order valence-electron chi connectivity index (χ3n) is 2.78. The number of nitrogens with one attached hydrogen (secondary N) is 1. The van der Waals surface area contributed by atoms with Gasteiger partial charge >= 0.3 is 11.9 Å². The summed E-state index contributed by atoms with van der Waals surface area (Å²) in [6, 6.07) is 8.85. The zero-order chi connectivity index (χ0) is 15.2. The standard InChI is InChI=1S/C15H16N2O4/c1-3-21-15(19)14(18)16-11-6-7-13(20-2)12(10-11)17-8-4-5-9-17/h4-10H,3H2,1-2H3,(H,16,18). The Kier molecular flexibility index (Phi) is 4.61. The van der Waals surface area contributed by atoms with Crippen molar-refractivity contribution in [3.05, 3.63) is 42.7 Å². The lowest BCUT2D eigenvalue weighted by Gasteiger charge is -2.12. The fourth-order valence-corrected chi connectivity index (χ4v) is 1.84. The van der Waals surface area contributed by atoms with E-state index in [4.69, 9.17) is 4.74 Å². The number of aromatic nitrogens is 1. The predicted octanol–water partition coefficient (Wildman–Crippen LogP) is 1.99. The van der Waals surface area contributed by atoms with Crippen LogP contribution in [0.3, 0.4) is 0 Å². The van der Waals surface area contributed by atoms with Crippen LogP contribution in [-0.4, -0.2) is 30.2 Å². The van der Waals surface area contributed by atoms with E-state index in [1.807, 2.05) is 29.1 Å². The highest BCUT2D eigenvalue weighted by molar-refractivity contribution is 6.37. The van der Waals surface area contributed by atoms with Gasteiger partial charge in [0.1, 0.15) is 5.75 Å². The molecule has 1 N–H and O–H groups in total. The molecule has 0 saturated carbocycles. The Labute approximate surface area is 122 Å². The van der Waals surface area contributed by atoms with Gasteiger partial charge in [-0.3, -0.25) is 4.79 Å². The molecule has 1 aromatic carbocycles. The minimum Gasteiger partial charge on any atom is -0.495 e. The summed E-state index contributed by atoms with van der Waals surface area (Å²) < 4.78 is 11.8. The summed E-state index contributed by atoms with van der Waals surface area (Å²) in [5.74, 6) is -1.06. The number of carbonyl (C=O) groups excluding carboxylic acids is 2. The fraction of sp³-hybridized carbons (Fsp3) is 0.200. The van der Waals surface area contributed by atoms with Gasteiger partial charge in [-0.2, -0.15) is 0 Å². The number of esters is 1. The summed E-state index contributed by atoms with van der Waals surface area (Å²) in [7, 11) is 1.57. The van der Waals surface area contributed by atoms with Crippen LogP contribution in [0.2, 0.25) is 0 Å². The van der Waals surface area contributed by atoms with Crippen molar-refractivity contribution < 1.29 is 19.1 Å². The molecule has 1 aromatic heterocycles. The molecule has 2 aromatic rings. The maximum atomic E-state index is 11.6. The molecule has 6 heteroatoms. The first-order chi connectivity index (χ1) is 10.2. The average Bonchev–Trinajstić information content (AvgIpc) is 3.01. The number of amides is 1. The molecule has 0 aliphatic carbocycles. The second-order valence-corrected chi connectivity index (χ2v) is 4.15. The van der Waals surface area contributed by atoms with E-state index in [0.29, 0.717) is 11.4 Å². The molecule has 1 heterocycles. The van der Waals surface area contributed by atoms with Crippen molar-refractivity contribution in [3.8, 4) is 11.4 Å². The van der Waals surface area contributed by atoms with Crippen LogP contribution in [-0.2, 0) is 14.3 Å². The van der Waals surface area contributed by atoms with E-state index in [-0.39, 0.29) is 6.61 Å². The van der Waals surface area contributed by atoms with Gasteiger partial charge in [0, 0.05) is 18.1 Å². The zero-order valence-corrected chi connectivity index (χ0v) is 11.8. The van der Waals surface area contributed by atoms with Crippen LogP contribution >= 0.6 is 0 Å². The van der Waals surface area contributed by atoms with Crippen LogP contribution in [0.15, 0.2) is 42.7 Å². The molecule has 0 aliphatic heterocycles. The Morgan fingerprint density at radius 3 is 2.57 bits per heavy atom. The Morgan fingerprint density at radius 2 is 1.95 bits per heavy atom. The van der Waals surface area contributed by atoms with Gasteiger partial charge in [0.05, 0.1) is 19.4 Å². The summed E-state index contributed by atoms with van der Waals surface area (Å²) in [5, 5.41) is 2.50. The topological polar surface area (TPSA) is 69.6 Å². The first-order valence-corrected chi connectivity index (χ1v) is 6.45. The molecule has 0 atom stereocenters. The van der Waals surface area contributed by atoms with Crippen molar-refractivity contribution in [3.63, 3.8) is 0 Å². The molecule has 0 fully saturated rings. The number of carbonyl (C=O) groups is 2. The van der Waals surface area contributed by atoms with Gasteiger partial charge in [-0.25, -0.2) is 4.79 Å². The second kappa shape index (κ2) is 6.60. The average molecular weight is 288 g/mol. The van der Waals surface area contributed by atoms with Gasteiger partial charge in [0.25, 0.3) is 0 Å². The Balaban J connectivity index is 2.24. The molecule has 0 bridgehead atoms. The number of nitrogens with zero attached hydrogens (tertiary/aromatic N) is 1. The molecule has 0 spiro atoms. The van der Waals surface area contributed by atoms with E-state index in [0.717, 1.165) is 5.69 Å². The highest BCUT2D eigenvalue weighted by Gasteiger charge is 2.15. The second-order valence-electron chi connectivity index (χ2n) is 4.15. The summed E-state index contributed by atoms with van der Waals surface area (Å²) in [5.41, 5.74) is 1.24. The molecule has 0 aliphatic rings. The molecule has 0 unspecified atom stereocenters. The van der Waals surface area contributed by atoms with Crippen molar-refractivity contribution in [2.75, 3.05) is 19.0 Å². The van der Waals surface area contributed by atoms with E-state index >= 15 is 0 Å². The largest absolute Gasteiger partial charge is 0.495 e. The lowest BCUT2D eigenvalue weighted by Crippen LogP contribution is -2.25. The van der Waals surface area contributed by atoms with E-state index in [9.17, 15) is 9.59 Å². The number of methoxy groups -OCH3 is 1. The molecule has 0 radical (unpaired) electrons. The van der Waals surface area contributed by atoms with Crippen LogP contribution in [0.5, 0.6) is 5.75 Å². The van der Waals surface area contributed by atoms with Gasteiger partial charge in [-0.05, 0) is 37.3 Å². The van der Waals surface area contributed by atoms with E-state index < -0.39 is 11.9 Å². The summed E-state index contributed by atoms with van der Waals surface area (Å²) in [6.45, 7) is 1.80. The van der Waals surface area contributed by atoms with Gasteiger partial charge < -0.3 is 19.4 Å². The third-order valence-corrected chi connectivity index (χ3v) is 2.78. The minimum absolute atomic E-state index is 0.156. The molecular formula is C15H16N2O4. The van der Waals surface area contributed by atoms with Crippen LogP contribution < -0.4 is 10.1 Å². The van der Waals surface area contributed by atoms with Crippen molar-refractivity contribution >= 4 is 17.6 Å². The molecule has 21 heavy (non-hydrogen) atoms. The maximum absolute atomic E-state index is 11.6. The van der Waals surface area contributed by atoms with Crippen LogP contribution in [0.4, 0.5) is 5.69 Å². The molecule has 6 nitrogen and oxygen atoms in total. The predicted molar refractivity (Wildman–Crippen MR) is 77.6 cm³/mol. The van der Waals surface area contributed by atoms with Crippen molar-refractivity contribution in [2.45, 2.75) is 6.92 Å². The van der Waals surface area contributed by atoms with Crippen molar-refractivity contribution in [1.82, 2.24) is 4.57 Å². The quantitative estimate of drug-likeness (QED) is 0.690. The zero-order valence-electron chi connectivity index (χ0n) is 11.8. The molecular weight excluding hydrogens is 272 g/mol. The smallest absolute Gasteiger partial charge is 0.397 e. The fourth-order valence-electron chi connectivity index (χ4n) is 1.84. The van der Waals surface area contributed by atoms with Gasteiger partial charge in [0.2, 0.25) is 0 Å². The van der Waals surface area contributed by atoms with Crippen molar-refractivity contribution in [2.24, 2.45) is 0 Å². The molecule has 1 amide bonds. The van der Waals surface area contributed by atoms with E-state index in [1.54, 1.807) is 32.2 Å². The van der Waals surface area contributed by atoms with Gasteiger partial charge in [-0.15, -0.1) is 0 Å². The number of benzene rings is 1. The van der Waals surface area contributed by atoms with E-state index in [1.165, 1.54) is 0 Å². The van der Waals surface area contributed by atoms with Crippen molar-refractivity contribution in [1.29, 1.82) is 0 Å². The minimum atomic E-state index is -0.907. The molecule has 0 saturated heterocycles. The van der Waals surface area contributed by atoms with Gasteiger partial charge in [-0.1, -0.05) is 0 Å². The first-order valence-electron chi connectivity index (χ1n) is 6.45. The normalized spacial score (nSPS) is 10.0. The highest BCUT2D eigenvalue weighted by atomic mass is 16.5. The van der Waals surface area contributed by atoms with Crippen LogP contribution in [0.25, 0.3) is 5.69 Å². The van der Waals surface area contributed by atoms with Gasteiger partial charge in [0.15, 0.2) is 0 Å². The SMILES string of the molecule is CCOC(=O)C(=O)Nc1ccc(OC)c(-n2cccc2)c1. The first kappa shape index (κ1) is 14.6. The summed E-state index contributed by atoms with van der Waals surface area (Å²) in [4.78, 5) is 23.0. The maximum Gasteiger partial charge on any atom is 0.397 e. The Hall–Kier alpha value is -2.76. The van der Waals surface area contributed by atoms with E-state index in [2.05, 4.69) is 10.1 Å². The number of anilines is 1. The lowest BCUT2D eigenvalue weighted by atomic mass is 10.2. The van der Waals surface area contributed by atoms with Crippen LogP contribution in [0, 0.1) is 0 Å². The number of rotatable bonds is 4. The number of ether oxygens (including phenoxy) is 2. The Bertz CT molecular complexity index is 635. The summed E-state index contributed by atoms with van der Waals surface area (Å²) >= 11 is 0. The number of hydrogen-bond acceptors (Lipinski definition) is 4. The summed E-state index contributed by atoms with van der Waals surface area (Å²) in [6.07, 6.45) is 3.71. The molecule has 2 rings (SSSR count). The highest BCUT2D eigenvalue weighted by Crippen LogP contribution is 2.26. The molecule has 110 valence electrons.